The first kappa shape index (κ1) is 17.2. The zero-order chi connectivity index (χ0) is 17.8. The molecular weight excluding hydrogens is 344 g/mol. The minimum absolute atomic E-state index is 0.496. The summed E-state index contributed by atoms with van der Waals surface area (Å²) < 4.78 is 11.9. The fourth-order valence-corrected chi connectivity index (χ4v) is 2.60. The molecule has 0 aliphatic carbocycles. The van der Waals surface area contributed by atoms with E-state index in [4.69, 9.17) is 21.1 Å². The maximum atomic E-state index is 6.19. The molecule has 1 aromatic carbocycles. The highest BCUT2D eigenvalue weighted by molar-refractivity contribution is 6.32. The Hall–Kier alpha value is -2.58. The number of nitrogens with one attached hydrogen (secondary N) is 2. The van der Waals surface area contributed by atoms with E-state index in [1.54, 1.807) is 37.2 Å². The highest BCUT2D eigenvalue weighted by Gasteiger charge is 2.12. The summed E-state index contributed by atoms with van der Waals surface area (Å²) in [5.41, 5.74) is 1.51. The van der Waals surface area contributed by atoms with Crippen molar-refractivity contribution < 1.29 is 9.47 Å². The Morgan fingerprint density at radius 1 is 1.24 bits per heavy atom. The fraction of sp³-hybridized carbons (Fsp3) is 0.312. The number of hydrogen-bond donors (Lipinski definition) is 2. The van der Waals surface area contributed by atoms with Gasteiger partial charge >= 0.3 is 0 Å². The second-order valence-electron chi connectivity index (χ2n) is 5.30. The number of anilines is 3. The molecule has 3 rings (SSSR count). The summed E-state index contributed by atoms with van der Waals surface area (Å²) in [6.45, 7) is 1.16. The molecular formula is C16H19ClN6O2. The van der Waals surface area contributed by atoms with Gasteiger partial charge in [0.05, 0.1) is 30.3 Å². The largest absolute Gasteiger partial charge is 0.495 e. The molecule has 0 bridgehead atoms. The van der Waals surface area contributed by atoms with E-state index in [9.17, 15) is 0 Å². The van der Waals surface area contributed by atoms with E-state index in [2.05, 4.69) is 25.7 Å². The topological polar surface area (TPSA) is 86.1 Å². The lowest BCUT2D eigenvalue weighted by Gasteiger charge is -2.11. The van der Waals surface area contributed by atoms with Crippen molar-refractivity contribution in [2.24, 2.45) is 7.05 Å². The van der Waals surface area contributed by atoms with E-state index in [1.807, 2.05) is 13.1 Å². The van der Waals surface area contributed by atoms with Gasteiger partial charge < -0.3 is 20.1 Å². The van der Waals surface area contributed by atoms with Gasteiger partial charge in [-0.1, -0.05) is 11.6 Å². The number of rotatable bonds is 7. The standard InChI is InChI=1S/C16H19ClN6O2/c1-23-15-11(9-19-23)14(21-16(22-15)18-6-7-24-2)20-10-4-5-13(25-3)12(17)8-10/h4-5,8-9H,6-7H2,1-3H3,(H2,18,20,21,22). The Kier molecular flexibility index (Phi) is 5.20. The molecule has 0 saturated heterocycles. The second kappa shape index (κ2) is 7.54. The summed E-state index contributed by atoms with van der Waals surface area (Å²) in [5, 5.41) is 12.0. The number of fused-ring (bicyclic) bond motifs is 1. The van der Waals surface area contributed by atoms with Gasteiger partial charge in [-0.15, -0.1) is 0 Å². The van der Waals surface area contributed by atoms with Crippen molar-refractivity contribution in [1.29, 1.82) is 0 Å². The first-order valence-electron chi connectivity index (χ1n) is 7.65. The highest BCUT2D eigenvalue weighted by atomic mass is 35.5. The molecule has 0 spiro atoms. The normalized spacial score (nSPS) is 10.9. The van der Waals surface area contributed by atoms with Crippen LogP contribution in [0.4, 0.5) is 17.5 Å². The lowest BCUT2D eigenvalue weighted by Crippen LogP contribution is -2.11. The zero-order valence-corrected chi connectivity index (χ0v) is 15.0. The fourth-order valence-electron chi connectivity index (χ4n) is 2.34. The number of halogens is 1. The predicted octanol–water partition coefficient (Wildman–Crippen LogP) is 2.83. The SMILES string of the molecule is COCCNc1nc(Nc2ccc(OC)c(Cl)c2)c2cnn(C)c2n1. The van der Waals surface area contributed by atoms with Crippen molar-refractivity contribution >= 4 is 40.1 Å². The summed E-state index contributed by atoms with van der Waals surface area (Å²) >= 11 is 6.19. The van der Waals surface area contributed by atoms with Crippen LogP contribution in [-0.4, -0.2) is 47.1 Å². The van der Waals surface area contributed by atoms with Crippen molar-refractivity contribution in [2.45, 2.75) is 0 Å². The maximum Gasteiger partial charge on any atom is 0.226 e. The Morgan fingerprint density at radius 2 is 2.08 bits per heavy atom. The number of ether oxygens (including phenoxy) is 2. The third-order valence-electron chi connectivity index (χ3n) is 3.60. The Morgan fingerprint density at radius 3 is 2.80 bits per heavy atom. The number of methoxy groups -OCH3 is 2. The van der Waals surface area contributed by atoms with Crippen molar-refractivity contribution in [1.82, 2.24) is 19.7 Å². The summed E-state index contributed by atoms with van der Waals surface area (Å²) in [6, 6.07) is 5.44. The van der Waals surface area contributed by atoms with E-state index in [0.717, 1.165) is 16.7 Å². The summed E-state index contributed by atoms with van der Waals surface area (Å²) in [5.74, 6) is 1.75. The van der Waals surface area contributed by atoms with Crippen LogP contribution in [0.5, 0.6) is 5.75 Å². The third kappa shape index (κ3) is 3.75. The van der Waals surface area contributed by atoms with Crippen LogP contribution < -0.4 is 15.4 Å². The quantitative estimate of drug-likeness (QED) is 0.625. The molecule has 0 atom stereocenters. The van der Waals surface area contributed by atoms with Crippen molar-refractivity contribution in [3.63, 3.8) is 0 Å². The lowest BCUT2D eigenvalue weighted by molar-refractivity contribution is 0.210. The first-order chi connectivity index (χ1) is 12.1. The molecule has 3 aromatic rings. The van der Waals surface area contributed by atoms with E-state index < -0.39 is 0 Å². The number of benzene rings is 1. The van der Waals surface area contributed by atoms with Crippen LogP contribution in [0.1, 0.15) is 0 Å². The van der Waals surface area contributed by atoms with E-state index in [-0.39, 0.29) is 0 Å². The van der Waals surface area contributed by atoms with Crippen LogP contribution in [0.2, 0.25) is 5.02 Å². The summed E-state index contributed by atoms with van der Waals surface area (Å²) in [6.07, 6.45) is 1.72. The Balaban J connectivity index is 1.94. The molecule has 2 heterocycles. The lowest BCUT2D eigenvalue weighted by atomic mass is 10.3. The molecule has 2 aromatic heterocycles. The molecule has 9 heteroatoms. The van der Waals surface area contributed by atoms with Gasteiger partial charge in [0.2, 0.25) is 5.95 Å². The molecule has 0 fully saturated rings. The van der Waals surface area contributed by atoms with Gasteiger partial charge in [0, 0.05) is 26.4 Å². The molecule has 0 radical (unpaired) electrons. The molecule has 132 valence electrons. The van der Waals surface area contributed by atoms with Gasteiger partial charge in [-0.3, -0.25) is 4.68 Å². The zero-order valence-electron chi connectivity index (χ0n) is 14.2. The minimum Gasteiger partial charge on any atom is -0.495 e. The van der Waals surface area contributed by atoms with E-state index in [1.165, 1.54) is 0 Å². The van der Waals surface area contributed by atoms with Crippen LogP contribution in [-0.2, 0) is 11.8 Å². The van der Waals surface area contributed by atoms with Crippen molar-refractivity contribution in [2.75, 3.05) is 38.0 Å². The monoisotopic (exact) mass is 362 g/mol. The number of nitrogens with zero attached hydrogens (tertiary/aromatic N) is 4. The molecule has 25 heavy (non-hydrogen) atoms. The predicted molar refractivity (Wildman–Crippen MR) is 98.0 cm³/mol. The molecule has 0 aliphatic heterocycles. The van der Waals surface area contributed by atoms with E-state index >= 15 is 0 Å². The molecule has 0 amide bonds. The molecule has 2 N–H and O–H groups in total. The molecule has 0 aliphatic rings. The number of aryl methyl sites for hydroxylation is 1. The van der Waals surface area contributed by atoms with Gasteiger partial charge in [-0.2, -0.15) is 15.1 Å². The number of hydrogen-bond acceptors (Lipinski definition) is 7. The van der Waals surface area contributed by atoms with E-state index in [0.29, 0.717) is 35.7 Å². The summed E-state index contributed by atoms with van der Waals surface area (Å²) in [7, 11) is 5.06. The van der Waals surface area contributed by atoms with Gasteiger partial charge in [0.25, 0.3) is 0 Å². The van der Waals surface area contributed by atoms with Crippen molar-refractivity contribution in [3.8, 4) is 5.75 Å². The highest BCUT2D eigenvalue weighted by Crippen LogP contribution is 2.30. The average molecular weight is 363 g/mol. The molecule has 0 saturated carbocycles. The van der Waals surface area contributed by atoms with Crippen LogP contribution in [0.3, 0.4) is 0 Å². The first-order valence-corrected chi connectivity index (χ1v) is 8.03. The van der Waals surface area contributed by atoms with Gasteiger partial charge in [-0.05, 0) is 18.2 Å². The average Bonchev–Trinajstić information content (AvgIpc) is 2.97. The Labute approximate surface area is 150 Å². The Bertz CT molecular complexity index is 882. The number of aromatic nitrogens is 4. The maximum absolute atomic E-state index is 6.19. The third-order valence-corrected chi connectivity index (χ3v) is 3.89. The van der Waals surface area contributed by atoms with Gasteiger partial charge in [0.15, 0.2) is 5.65 Å². The smallest absolute Gasteiger partial charge is 0.226 e. The van der Waals surface area contributed by atoms with Crippen LogP contribution in [0, 0.1) is 0 Å². The van der Waals surface area contributed by atoms with Gasteiger partial charge in [0.1, 0.15) is 11.6 Å². The van der Waals surface area contributed by atoms with Crippen LogP contribution in [0.25, 0.3) is 11.0 Å². The van der Waals surface area contributed by atoms with Gasteiger partial charge in [-0.25, -0.2) is 0 Å². The molecule has 8 nitrogen and oxygen atoms in total. The van der Waals surface area contributed by atoms with Crippen LogP contribution in [0.15, 0.2) is 24.4 Å². The van der Waals surface area contributed by atoms with Crippen LogP contribution >= 0.6 is 11.6 Å². The summed E-state index contributed by atoms with van der Waals surface area (Å²) in [4.78, 5) is 9.03. The van der Waals surface area contributed by atoms with Crippen molar-refractivity contribution in [3.05, 3.63) is 29.4 Å². The second-order valence-corrected chi connectivity index (χ2v) is 5.70. The molecule has 0 unspecified atom stereocenters. The minimum atomic E-state index is 0.496.